The van der Waals surface area contributed by atoms with Crippen molar-refractivity contribution in [3.63, 3.8) is 0 Å². The molecular weight excluding hydrogens is 1180 g/mol. The first-order chi connectivity index (χ1) is 42.9. The maximum atomic E-state index is 14.7. The van der Waals surface area contributed by atoms with Gasteiger partial charge in [-0.25, -0.2) is 4.79 Å². The number of nitrogens with two attached hydrogens (primary N) is 6. The number of likely N-dealkylation sites (tertiary alicyclic amines) is 2. The molecule has 0 saturated carbocycles. The number of nitrogens with zero attached hydrogens (tertiary/aromatic N) is 3. The molecule has 22 N–H and O–H groups in total. The van der Waals surface area contributed by atoms with Crippen LogP contribution < -0.4 is 76.9 Å². The van der Waals surface area contributed by atoms with Gasteiger partial charge in [0.15, 0.2) is 5.96 Å². The van der Waals surface area contributed by atoms with Crippen molar-refractivity contribution in [2.24, 2.45) is 63.1 Å². The Kier molecular flexibility index (Phi) is 36.8. The van der Waals surface area contributed by atoms with Crippen LogP contribution in [-0.2, 0) is 52.7 Å². The van der Waals surface area contributed by atoms with Gasteiger partial charge in [0.25, 0.3) is 0 Å². The van der Waals surface area contributed by atoms with Gasteiger partial charge in [-0.05, 0) is 159 Å². The molecule has 2 aliphatic heterocycles. The molecule has 2 aliphatic rings. The van der Waals surface area contributed by atoms with Crippen LogP contribution in [0, 0.1) is 23.7 Å². The summed E-state index contributed by atoms with van der Waals surface area (Å²) in [4.78, 5) is 160. The van der Waals surface area contributed by atoms with Crippen molar-refractivity contribution in [1.29, 1.82) is 0 Å². The van der Waals surface area contributed by atoms with E-state index >= 15 is 0 Å². The molecule has 2 fully saturated rings. The Balaban J connectivity index is 2.40. The van der Waals surface area contributed by atoms with E-state index in [-0.39, 0.29) is 108 Å². The van der Waals surface area contributed by atoms with Gasteiger partial charge in [-0.1, -0.05) is 61.8 Å². The van der Waals surface area contributed by atoms with Crippen molar-refractivity contribution in [3.8, 4) is 0 Å². The Morgan fingerprint density at radius 1 is 0.505 bits per heavy atom. The lowest BCUT2D eigenvalue weighted by Gasteiger charge is -2.34. The van der Waals surface area contributed by atoms with E-state index in [9.17, 15) is 63.0 Å². The second kappa shape index (κ2) is 41.7. The number of guanidine groups is 1. The summed E-state index contributed by atoms with van der Waals surface area (Å²) in [5.41, 5.74) is 34.4. The van der Waals surface area contributed by atoms with Gasteiger partial charge < -0.3 is 96.9 Å². The Bertz CT molecular complexity index is 2390. The first kappa shape index (κ1) is 80.3. The van der Waals surface area contributed by atoms with Gasteiger partial charge in [-0.2, -0.15) is 0 Å². The van der Waals surface area contributed by atoms with Crippen LogP contribution in [0.25, 0.3) is 0 Å². The molecule has 2 heterocycles. The van der Waals surface area contributed by atoms with Crippen molar-refractivity contribution < 1.29 is 63.0 Å². The zero-order valence-corrected chi connectivity index (χ0v) is 55.4. The summed E-state index contributed by atoms with van der Waals surface area (Å²) in [5, 5.41) is 42.8. The highest BCUT2D eigenvalue weighted by Crippen LogP contribution is 2.27. The lowest BCUT2D eigenvalue weighted by Crippen LogP contribution is -2.62. The van der Waals surface area contributed by atoms with Gasteiger partial charge in [-0.3, -0.25) is 52.9 Å². The number of rotatable bonds is 43. The highest BCUT2D eigenvalue weighted by molar-refractivity contribution is 5.99. The average Bonchev–Trinajstić information content (AvgIpc) is 1.79. The van der Waals surface area contributed by atoms with E-state index in [4.69, 9.17) is 34.4 Å². The zero-order valence-electron chi connectivity index (χ0n) is 55.4. The predicted octanol–water partition coefficient (Wildman–Crippen LogP) is -2.13. The van der Waals surface area contributed by atoms with Crippen molar-refractivity contribution >= 4 is 71.0 Å². The van der Waals surface area contributed by atoms with Gasteiger partial charge in [-0.15, -0.1) is 0 Å². The summed E-state index contributed by atoms with van der Waals surface area (Å²) in [6.07, 6.45) is 3.70. The summed E-state index contributed by atoms with van der Waals surface area (Å²) in [7, 11) is 0. The van der Waals surface area contributed by atoms with Gasteiger partial charge in [0.1, 0.15) is 60.4 Å². The summed E-state index contributed by atoms with van der Waals surface area (Å²) >= 11 is 0. The zero-order chi connectivity index (χ0) is 68.7. The Morgan fingerprint density at radius 2 is 0.890 bits per heavy atom. The molecule has 2 saturated heterocycles. The van der Waals surface area contributed by atoms with Gasteiger partial charge in [0, 0.05) is 19.6 Å². The number of carbonyl (C=O) groups is 11. The minimum absolute atomic E-state index is 0.0546. The maximum Gasteiger partial charge on any atom is 0.326 e. The highest BCUT2D eigenvalue weighted by Gasteiger charge is 2.46. The Labute approximate surface area is 537 Å². The number of aliphatic carboxylic acids is 1. The lowest BCUT2D eigenvalue weighted by atomic mass is 9.98. The normalized spacial score (nSPS) is 18.5. The van der Waals surface area contributed by atoms with E-state index in [0.717, 1.165) is 0 Å². The van der Waals surface area contributed by atoms with Crippen molar-refractivity contribution in [3.05, 3.63) is 0 Å². The maximum absolute atomic E-state index is 14.7. The van der Waals surface area contributed by atoms with Crippen LogP contribution >= 0.6 is 0 Å². The van der Waals surface area contributed by atoms with Gasteiger partial charge >= 0.3 is 5.97 Å². The largest absolute Gasteiger partial charge is 0.480 e. The molecule has 0 bridgehead atoms. The van der Waals surface area contributed by atoms with Gasteiger partial charge in [0.2, 0.25) is 59.1 Å². The summed E-state index contributed by atoms with van der Waals surface area (Å²) in [6.45, 7) is 16.8. The number of hydrogen-bond donors (Lipinski definition) is 16. The molecule has 91 heavy (non-hydrogen) atoms. The van der Waals surface area contributed by atoms with Crippen molar-refractivity contribution in [1.82, 2.24) is 52.3 Å². The fourth-order valence-electron chi connectivity index (χ4n) is 10.9. The fourth-order valence-corrected chi connectivity index (χ4v) is 10.9. The van der Waals surface area contributed by atoms with Crippen LogP contribution in [0.4, 0.5) is 0 Å². The minimum Gasteiger partial charge on any atom is -0.480 e. The molecule has 2 rings (SSSR count). The van der Waals surface area contributed by atoms with Crippen LogP contribution in [0.3, 0.4) is 0 Å². The van der Waals surface area contributed by atoms with Gasteiger partial charge in [0.05, 0.1) is 12.1 Å². The van der Waals surface area contributed by atoms with E-state index < -0.39 is 144 Å². The number of aliphatic hydroxyl groups excluding tert-OH is 1. The predicted molar refractivity (Wildman–Crippen MR) is 344 cm³/mol. The third kappa shape index (κ3) is 27.5. The summed E-state index contributed by atoms with van der Waals surface area (Å²) in [5.74, 6) is -9.42. The van der Waals surface area contributed by atoms with Crippen LogP contribution in [0.1, 0.15) is 178 Å². The topological polar surface area (TPSA) is 499 Å². The SMILES string of the molecule is CC[C@@H](C)[C@H](NC(=O)[C@H](CCCCN)NC(=O)[C@H](CCCCN)NC(=O)[C@H](CC(C)C)NC(=O)[C@@H]1CCCN1C(=O)[C@@H]1CCCN1C(=O)[C@@H](NC(=O)[C@H](CC(C)C)NC(=O)[C@H](CCCCN)NC(=O)[C@H](CCCN=C(N)N)NC(=O)[C@@H](N)C(C)C)[C@@H](C)O)C(=O)O. The van der Waals surface area contributed by atoms with Crippen molar-refractivity contribution in [2.45, 2.75) is 250 Å². The number of aliphatic imine (C=N–C) groups is 1. The molecule has 520 valence electrons. The first-order valence-electron chi connectivity index (χ1n) is 32.8. The number of hydrogen-bond acceptors (Lipinski definition) is 17. The standard InChI is InChI=1S/C61H113N17O13/c1-10-37(8)48(60(90)91)75-53(83)41(22-13-16-28-64)70-50(80)39(20-11-14-26-62)71-54(84)43(32-34(2)3)74-56(86)45-24-18-30-77(45)58(88)46-25-19-31-78(46)59(89)49(38(9)79)76-55(85)44(33-35(4)5)73-52(82)40(21-12-15-27-63)69-51(81)42(23-17-29-68-61(66)67)72-57(87)47(65)36(6)7/h34-49,79H,10-33,62-65H2,1-9H3,(H,69,81)(H,70,80)(H,71,84)(H,72,87)(H,73,82)(H,74,86)(H,75,83)(H,76,85)(H,90,91)(H4,66,67,68)/t37-,38-,39+,40+,41+,42+,43+,44+,45+,46+,47+,48+,49+/m1/s1. The van der Waals surface area contributed by atoms with E-state index in [1.54, 1.807) is 41.5 Å². The van der Waals surface area contributed by atoms with Crippen LogP contribution in [0.2, 0.25) is 0 Å². The second-order valence-electron chi connectivity index (χ2n) is 25.5. The monoisotopic (exact) mass is 1290 g/mol. The fraction of sp³-hybridized carbons (Fsp3) is 0.803. The number of carbonyl (C=O) groups excluding carboxylic acids is 10. The van der Waals surface area contributed by atoms with E-state index in [2.05, 4.69) is 47.5 Å². The third-order valence-corrected chi connectivity index (χ3v) is 16.5. The number of aliphatic hydroxyl groups is 1. The lowest BCUT2D eigenvalue weighted by molar-refractivity contribution is -0.149. The molecule has 0 aromatic rings. The molecule has 13 atom stereocenters. The molecule has 0 radical (unpaired) electrons. The Hall–Kier alpha value is -6.76. The second-order valence-corrected chi connectivity index (χ2v) is 25.5. The molecule has 30 nitrogen and oxygen atoms in total. The molecule has 30 heteroatoms. The number of carboxylic acids is 1. The number of nitrogens with one attached hydrogen (secondary N) is 8. The average molecular weight is 1290 g/mol. The molecule has 0 aliphatic carbocycles. The third-order valence-electron chi connectivity index (χ3n) is 16.5. The first-order valence-corrected chi connectivity index (χ1v) is 32.8. The molecule has 0 aromatic heterocycles. The smallest absolute Gasteiger partial charge is 0.326 e. The molecule has 10 amide bonds. The number of unbranched alkanes of at least 4 members (excludes halogenated alkanes) is 3. The van der Waals surface area contributed by atoms with Crippen LogP contribution in [-0.4, -0.2) is 203 Å². The molecular formula is C61H113N17O13. The minimum atomic E-state index is -1.61. The van der Waals surface area contributed by atoms with E-state index in [1.165, 1.54) is 16.7 Å². The quantitative estimate of drug-likeness (QED) is 0.0176. The summed E-state index contributed by atoms with van der Waals surface area (Å²) in [6, 6.07) is -13.2. The molecule has 0 unspecified atom stereocenters. The summed E-state index contributed by atoms with van der Waals surface area (Å²) < 4.78 is 0. The van der Waals surface area contributed by atoms with E-state index in [1.807, 2.05) is 13.8 Å². The Morgan fingerprint density at radius 3 is 1.31 bits per heavy atom. The number of carboxylic acid groups (broad SMARTS) is 1. The van der Waals surface area contributed by atoms with Crippen molar-refractivity contribution in [2.75, 3.05) is 39.3 Å². The van der Waals surface area contributed by atoms with Crippen LogP contribution in [0.5, 0.6) is 0 Å². The van der Waals surface area contributed by atoms with Crippen LogP contribution in [0.15, 0.2) is 4.99 Å². The molecule has 0 spiro atoms. The van der Waals surface area contributed by atoms with E-state index in [0.29, 0.717) is 70.9 Å². The molecule has 0 aromatic carbocycles. The number of amides is 10. The highest BCUT2D eigenvalue weighted by atomic mass is 16.4.